The molecule has 6 heteroatoms. The lowest BCUT2D eigenvalue weighted by Crippen LogP contribution is -2.36. The second kappa shape index (κ2) is 5.51. The Morgan fingerprint density at radius 3 is 2.42 bits per heavy atom. The van der Waals surface area contributed by atoms with Gasteiger partial charge in [-0.3, -0.25) is 4.79 Å². The molecule has 0 atom stereocenters. The van der Waals surface area contributed by atoms with Gasteiger partial charge in [-0.1, -0.05) is 11.6 Å². The van der Waals surface area contributed by atoms with E-state index in [4.69, 9.17) is 10.7 Å². The van der Waals surface area contributed by atoms with E-state index in [1.54, 1.807) is 17.0 Å². The number of hydrogen-bond donors (Lipinski definition) is 0. The summed E-state index contributed by atoms with van der Waals surface area (Å²) < 4.78 is 23.1. The average molecular weight is 302 g/mol. The predicted molar refractivity (Wildman–Crippen MR) is 74.0 cm³/mol. The summed E-state index contributed by atoms with van der Waals surface area (Å²) in [5.41, 5.74) is 1.02. The Morgan fingerprint density at radius 1 is 1.21 bits per heavy atom. The van der Waals surface area contributed by atoms with Gasteiger partial charge in [0.15, 0.2) is 0 Å². The van der Waals surface area contributed by atoms with Crippen LogP contribution in [0.1, 0.15) is 35.2 Å². The standard InChI is InChI=1S/C13H16ClNO3S/c1-10-5-6-12(19(14,17)18)11(9-10)13(16)15-7-3-2-4-8-15/h5-6,9H,2-4,7-8H2,1H3. The molecule has 1 aromatic rings. The molecule has 19 heavy (non-hydrogen) atoms. The van der Waals surface area contributed by atoms with Crippen LogP contribution in [0.3, 0.4) is 0 Å². The number of piperidine rings is 1. The predicted octanol–water partition coefficient (Wildman–Crippen LogP) is 2.55. The van der Waals surface area contributed by atoms with Crippen molar-refractivity contribution in [1.82, 2.24) is 4.90 Å². The smallest absolute Gasteiger partial charge is 0.262 e. The first kappa shape index (κ1) is 14.3. The summed E-state index contributed by atoms with van der Waals surface area (Å²) in [7, 11) is 1.49. The minimum absolute atomic E-state index is 0.102. The van der Waals surface area contributed by atoms with E-state index in [2.05, 4.69) is 0 Å². The molecular weight excluding hydrogens is 286 g/mol. The van der Waals surface area contributed by atoms with E-state index < -0.39 is 9.05 Å². The zero-order chi connectivity index (χ0) is 14.0. The van der Waals surface area contributed by atoms with Crippen molar-refractivity contribution in [2.75, 3.05) is 13.1 Å². The van der Waals surface area contributed by atoms with Gasteiger partial charge in [-0.05, 0) is 38.3 Å². The van der Waals surface area contributed by atoms with Crippen LogP contribution >= 0.6 is 10.7 Å². The molecule has 0 aliphatic carbocycles. The second-order valence-corrected chi connectivity index (χ2v) is 7.32. The molecule has 0 unspecified atom stereocenters. The molecule has 0 aromatic heterocycles. The van der Waals surface area contributed by atoms with Gasteiger partial charge in [-0.25, -0.2) is 8.42 Å². The molecule has 1 aliphatic rings. The molecule has 4 nitrogen and oxygen atoms in total. The van der Waals surface area contributed by atoms with Crippen molar-refractivity contribution < 1.29 is 13.2 Å². The lowest BCUT2D eigenvalue weighted by Gasteiger charge is -2.27. The van der Waals surface area contributed by atoms with E-state index in [0.717, 1.165) is 24.8 Å². The van der Waals surface area contributed by atoms with Gasteiger partial charge in [0.2, 0.25) is 0 Å². The number of aryl methyl sites for hydroxylation is 1. The molecule has 1 heterocycles. The first-order chi connectivity index (χ1) is 8.89. The summed E-state index contributed by atoms with van der Waals surface area (Å²) in [6.07, 6.45) is 3.03. The molecule has 1 aromatic carbocycles. The number of halogens is 1. The number of rotatable bonds is 2. The number of benzene rings is 1. The Morgan fingerprint density at radius 2 is 1.84 bits per heavy atom. The molecule has 0 saturated carbocycles. The van der Waals surface area contributed by atoms with E-state index in [1.807, 2.05) is 6.92 Å². The molecule has 0 bridgehead atoms. The summed E-state index contributed by atoms with van der Waals surface area (Å²) in [5.74, 6) is -0.248. The van der Waals surface area contributed by atoms with Crippen LogP contribution in [0.15, 0.2) is 23.1 Å². The number of amides is 1. The molecule has 1 saturated heterocycles. The highest BCUT2D eigenvalue weighted by Gasteiger charge is 2.25. The van der Waals surface area contributed by atoms with Gasteiger partial charge < -0.3 is 4.90 Å². The fourth-order valence-electron chi connectivity index (χ4n) is 2.29. The molecule has 0 N–H and O–H groups in total. The molecular formula is C13H16ClNO3S. The van der Waals surface area contributed by atoms with E-state index in [-0.39, 0.29) is 16.4 Å². The lowest BCUT2D eigenvalue weighted by molar-refractivity contribution is 0.0720. The lowest BCUT2D eigenvalue weighted by atomic mass is 10.1. The monoisotopic (exact) mass is 301 g/mol. The second-order valence-electron chi connectivity index (χ2n) is 4.79. The Kier molecular flexibility index (Phi) is 4.16. The van der Waals surface area contributed by atoms with Crippen molar-refractivity contribution in [1.29, 1.82) is 0 Å². The number of likely N-dealkylation sites (tertiary alicyclic amines) is 1. The minimum Gasteiger partial charge on any atom is -0.339 e. The van der Waals surface area contributed by atoms with Crippen LogP contribution in [0.25, 0.3) is 0 Å². The van der Waals surface area contributed by atoms with Crippen LogP contribution in [0, 0.1) is 6.92 Å². The molecule has 1 fully saturated rings. The van der Waals surface area contributed by atoms with Crippen molar-refractivity contribution in [3.8, 4) is 0 Å². The maximum absolute atomic E-state index is 12.4. The third kappa shape index (κ3) is 3.28. The van der Waals surface area contributed by atoms with Crippen LogP contribution in [0.2, 0.25) is 0 Å². The highest BCUT2D eigenvalue weighted by molar-refractivity contribution is 8.13. The SMILES string of the molecule is Cc1ccc(S(=O)(=O)Cl)c(C(=O)N2CCCCC2)c1. The third-order valence-corrected chi connectivity index (χ3v) is 4.65. The van der Waals surface area contributed by atoms with Crippen LogP contribution < -0.4 is 0 Å². The van der Waals surface area contributed by atoms with Gasteiger partial charge in [-0.2, -0.15) is 0 Å². The van der Waals surface area contributed by atoms with Gasteiger partial charge >= 0.3 is 0 Å². The van der Waals surface area contributed by atoms with E-state index >= 15 is 0 Å². The van der Waals surface area contributed by atoms with Crippen molar-refractivity contribution in [2.24, 2.45) is 0 Å². The normalized spacial score (nSPS) is 16.4. The van der Waals surface area contributed by atoms with Crippen LogP contribution in [0.5, 0.6) is 0 Å². The van der Waals surface area contributed by atoms with Gasteiger partial charge in [-0.15, -0.1) is 0 Å². The maximum atomic E-state index is 12.4. The quantitative estimate of drug-likeness (QED) is 0.789. The molecule has 104 valence electrons. The molecule has 1 aliphatic heterocycles. The summed E-state index contributed by atoms with van der Waals surface area (Å²) in [5, 5.41) is 0. The average Bonchev–Trinajstić information content (AvgIpc) is 2.37. The number of carbonyl (C=O) groups is 1. The summed E-state index contributed by atoms with van der Waals surface area (Å²) >= 11 is 0. The highest BCUT2D eigenvalue weighted by atomic mass is 35.7. The fourth-order valence-corrected chi connectivity index (χ4v) is 3.33. The van der Waals surface area contributed by atoms with Crippen LogP contribution in [-0.4, -0.2) is 32.3 Å². The fraction of sp³-hybridized carbons (Fsp3) is 0.462. The summed E-state index contributed by atoms with van der Waals surface area (Å²) in [6.45, 7) is 3.17. The number of nitrogens with zero attached hydrogens (tertiary/aromatic N) is 1. The summed E-state index contributed by atoms with van der Waals surface area (Å²) in [6, 6.07) is 4.63. The minimum atomic E-state index is -3.91. The Hall–Kier alpha value is -1.07. The Balaban J connectivity index is 2.42. The molecule has 1 amide bonds. The molecule has 0 spiro atoms. The van der Waals surface area contributed by atoms with Crippen molar-refractivity contribution in [2.45, 2.75) is 31.1 Å². The zero-order valence-corrected chi connectivity index (χ0v) is 12.3. The largest absolute Gasteiger partial charge is 0.339 e. The van der Waals surface area contributed by atoms with Crippen LogP contribution in [0.4, 0.5) is 0 Å². The topological polar surface area (TPSA) is 54.5 Å². The molecule has 0 radical (unpaired) electrons. The van der Waals surface area contributed by atoms with Gasteiger partial charge in [0.25, 0.3) is 15.0 Å². The number of carbonyl (C=O) groups excluding carboxylic acids is 1. The van der Waals surface area contributed by atoms with E-state index in [9.17, 15) is 13.2 Å². The van der Waals surface area contributed by atoms with E-state index in [1.165, 1.54) is 6.07 Å². The summed E-state index contributed by atoms with van der Waals surface area (Å²) in [4.78, 5) is 14.0. The maximum Gasteiger partial charge on any atom is 0.262 e. The highest BCUT2D eigenvalue weighted by Crippen LogP contribution is 2.24. The van der Waals surface area contributed by atoms with Crippen molar-refractivity contribution in [3.63, 3.8) is 0 Å². The van der Waals surface area contributed by atoms with Gasteiger partial charge in [0.05, 0.1) is 10.5 Å². The first-order valence-corrected chi connectivity index (χ1v) is 8.55. The van der Waals surface area contributed by atoms with E-state index in [0.29, 0.717) is 13.1 Å². The van der Waals surface area contributed by atoms with Gasteiger partial charge in [0.1, 0.15) is 0 Å². The third-order valence-electron chi connectivity index (χ3n) is 3.27. The van der Waals surface area contributed by atoms with Crippen LogP contribution in [-0.2, 0) is 9.05 Å². The first-order valence-electron chi connectivity index (χ1n) is 6.24. The Bertz CT molecular complexity index is 592. The Labute approximate surface area is 117 Å². The van der Waals surface area contributed by atoms with Crippen molar-refractivity contribution >= 4 is 25.6 Å². The molecule has 2 rings (SSSR count). The van der Waals surface area contributed by atoms with Gasteiger partial charge in [0, 0.05) is 23.8 Å². The van der Waals surface area contributed by atoms with Crippen molar-refractivity contribution in [3.05, 3.63) is 29.3 Å². The zero-order valence-electron chi connectivity index (χ0n) is 10.7. The number of hydrogen-bond acceptors (Lipinski definition) is 3.